The molecule has 0 fully saturated rings. The summed E-state index contributed by atoms with van der Waals surface area (Å²) in [6, 6.07) is 17.0. The number of anilines is 2. The Labute approximate surface area is 200 Å². The van der Waals surface area contributed by atoms with E-state index < -0.39 is 17.3 Å². The van der Waals surface area contributed by atoms with Crippen LogP contribution < -0.4 is 25.7 Å². The number of halogens is 1. The molecule has 1 amide bonds. The molecule has 8 nitrogen and oxygen atoms in total. The lowest BCUT2D eigenvalue weighted by Crippen LogP contribution is -2.27. The minimum atomic E-state index is -0.556. The monoisotopic (exact) mass is 472 g/mol. The molecule has 35 heavy (non-hydrogen) atoms. The molecule has 1 aliphatic heterocycles. The lowest BCUT2D eigenvalue weighted by atomic mass is 10.2. The van der Waals surface area contributed by atoms with Crippen LogP contribution in [0.3, 0.4) is 0 Å². The fraction of sp³-hybridized carbons (Fsp3) is 0.115. The summed E-state index contributed by atoms with van der Waals surface area (Å²) in [4.78, 5) is 29.9. The van der Waals surface area contributed by atoms with Crippen LogP contribution in [0.5, 0.6) is 17.2 Å². The molecule has 2 N–H and O–H groups in total. The molecule has 0 bridgehead atoms. The number of hydrogen-bond donors (Lipinski definition) is 2. The van der Waals surface area contributed by atoms with Crippen molar-refractivity contribution < 1.29 is 18.7 Å². The predicted molar refractivity (Wildman–Crippen MR) is 129 cm³/mol. The van der Waals surface area contributed by atoms with E-state index >= 15 is 0 Å². The number of pyridine rings is 2. The van der Waals surface area contributed by atoms with Crippen molar-refractivity contribution in [2.45, 2.75) is 6.42 Å². The first-order valence-corrected chi connectivity index (χ1v) is 11.0. The van der Waals surface area contributed by atoms with Gasteiger partial charge >= 0.3 is 0 Å². The molecule has 0 saturated carbocycles. The SMILES string of the molecule is O=C(Nc1ccc(Oc2ccnc3c2OCCCN3)cc1)c1cccn(-c2ccc(F)cc2)c1=O. The third-order valence-corrected chi connectivity index (χ3v) is 5.37. The second kappa shape index (κ2) is 9.68. The molecule has 0 saturated heterocycles. The van der Waals surface area contributed by atoms with Gasteiger partial charge < -0.3 is 20.1 Å². The molecule has 3 heterocycles. The Morgan fingerprint density at radius 3 is 2.69 bits per heavy atom. The maximum atomic E-state index is 13.2. The minimum Gasteiger partial charge on any atom is -0.486 e. The molecule has 176 valence electrons. The number of fused-ring (bicyclic) bond motifs is 1. The van der Waals surface area contributed by atoms with Gasteiger partial charge in [-0.2, -0.15) is 0 Å². The Morgan fingerprint density at radius 1 is 1.09 bits per heavy atom. The quantitative estimate of drug-likeness (QED) is 0.441. The number of ether oxygens (including phenoxy) is 2. The zero-order valence-corrected chi connectivity index (χ0v) is 18.5. The number of rotatable bonds is 5. The van der Waals surface area contributed by atoms with E-state index in [1.807, 2.05) is 0 Å². The topological polar surface area (TPSA) is 94.5 Å². The van der Waals surface area contributed by atoms with Crippen LogP contribution in [0.4, 0.5) is 15.9 Å². The zero-order valence-electron chi connectivity index (χ0n) is 18.5. The van der Waals surface area contributed by atoms with Gasteiger partial charge in [-0.05, 0) is 67.1 Å². The number of carbonyl (C=O) groups is 1. The molecular weight excluding hydrogens is 451 g/mol. The van der Waals surface area contributed by atoms with Crippen LogP contribution in [0.25, 0.3) is 5.69 Å². The van der Waals surface area contributed by atoms with Crippen LogP contribution in [-0.4, -0.2) is 28.6 Å². The highest BCUT2D eigenvalue weighted by Gasteiger charge is 2.17. The predicted octanol–water partition coefficient (Wildman–Crippen LogP) is 4.61. The molecule has 2 aromatic carbocycles. The summed E-state index contributed by atoms with van der Waals surface area (Å²) in [5.41, 5.74) is 0.399. The van der Waals surface area contributed by atoms with Gasteiger partial charge in [0.05, 0.1) is 6.61 Å². The number of nitrogens with zero attached hydrogens (tertiary/aromatic N) is 2. The van der Waals surface area contributed by atoms with Crippen LogP contribution in [0.1, 0.15) is 16.8 Å². The average molecular weight is 472 g/mol. The fourth-order valence-electron chi connectivity index (χ4n) is 3.63. The van der Waals surface area contributed by atoms with Crippen LogP contribution in [-0.2, 0) is 0 Å². The second-order valence-corrected chi connectivity index (χ2v) is 7.77. The second-order valence-electron chi connectivity index (χ2n) is 7.77. The Balaban J connectivity index is 1.31. The maximum Gasteiger partial charge on any atom is 0.267 e. The molecule has 5 rings (SSSR count). The van der Waals surface area contributed by atoms with E-state index in [-0.39, 0.29) is 5.56 Å². The van der Waals surface area contributed by atoms with Crippen molar-refractivity contribution in [3.63, 3.8) is 0 Å². The van der Waals surface area contributed by atoms with Gasteiger partial charge in [0.15, 0.2) is 11.6 Å². The summed E-state index contributed by atoms with van der Waals surface area (Å²) in [5, 5.41) is 5.93. The number of amides is 1. The highest BCUT2D eigenvalue weighted by molar-refractivity contribution is 6.04. The van der Waals surface area contributed by atoms with Crippen molar-refractivity contribution in [3.05, 3.63) is 101 Å². The molecule has 1 aliphatic rings. The Bertz CT molecular complexity index is 1420. The van der Waals surface area contributed by atoms with E-state index in [4.69, 9.17) is 9.47 Å². The fourth-order valence-corrected chi connectivity index (χ4v) is 3.63. The third kappa shape index (κ3) is 4.84. The first kappa shape index (κ1) is 22.1. The normalized spacial score (nSPS) is 12.5. The van der Waals surface area contributed by atoms with E-state index in [9.17, 15) is 14.0 Å². The zero-order chi connectivity index (χ0) is 24.2. The smallest absolute Gasteiger partial charge is 0.267 e. The molecule has 0 atom stereocenters. The third-order valence-electron chi connectivity index (χ3n) is 5.37. The first-order chi connectivity index (χ1) is 17.1. The van der Waals surface area contributed by atoms with Gasteiger partial charge in [-0.25, -0.2) is 9.37 Å². The average Bonchev–Trinajstić information content (AvgIpc) is 3.12. The van der Waals surface area contributed by atoms with Gasteiger partial charge in [0.1, 0.15) is 17.1 Å². The van der Waals surface area contributed by atoms with E-state index in [0.717, 1.165) is 13.0 Å². The van der Waals surface area contributed by atoms with Gasteiger partial charge in [0, 0.05) is 36.4 Å². The molecule has 0 spiro atoms. The van der Waals surface area contributed by atoms with E-state index in [1.165, 1.54) is 41.1 Å². The number of nitrogens with one attached hydrogen (secondary N) is 2. The molecule has 2 aromatic heterocycles. The molecule has 0 aliphatic carbocycles. The number of benzene rings is 2. The van der Waals surface area contributed by atoms with Gasteiger partial charge in [-0.3, -0.25) is 14.2 Å². The summed E-state index contributed by atoms with van der Waals surface area (Å²) in [6.45, 7) is 1.34. The van der Waals surface area contributed by atoms with Gasteiger partial charge in [0.25, 0.3) is 11.5 Å². The molecule has 9 heteroatoms. The van der Waals surface area contributed by atoms with Gasteiger partial charge in [0.2, 0.25) is 5.75 Å². The van der Waals surface area contributed by atoms with Crippen LogP contribution in [0.15, 0.2) is 83.9 Å². The summed E-state index contributed by atoms with van der Waals surface area (Å²) in [7, 11) is 0. The highest BCUT2D eigenvalue weighted by atomic mass is 19.1. The van der Waals surface area contributed by atoms with Crippen molar-refractivity contribution >= 4 is 17.4 Å². The van der Waals surface area contributed by atoms with Crippen molar-refractivity contribution in [1.82, 2.24) is 9.55 Å². The molecule has 0 unspecified atom stereocenters. The van der Waals surface area contributed by atoms with Crippen molar-refractivity contribution in [2.24, 2.45) is 0 Å². The largest absolute Gasteiger partial charge is 0.486 e. The number of aromatic nitrogens is 2. The van der Waals surface area contributed by atoms with Gasteiger partial charge in [-0.15, -0.1) is 0 Å². The Hall–Kier alpha value is -4.66. The highest BCUT2D eigenvalue weighted by Crippen LogP contribution is 2.37. The van der Waals surface area contributed by atoms with Crippen LogP contribution in [0, 0.1) is 5.82 Å². The van der Waals surface area contributed by atoms with Crippen LogP contribution >= 0.6 is 0 Å². The summed E-state index contributed by atoms with van der Waals surface area (Å²) < 4.78 is 26.3. The molecule has 4 aromatic rings. The Morgan fingerprint density at radius 2 is 1.89 bits per heavy atom. The van der Waals surface area contributed by atoms with Crippen molar-refractivity contribution in [1.29, 1.82) is 0 Å². The van der Waals surface area contributed by atoms with E-state index in [1.54, 1.807) is 42.6 Å². The van der Waals surface area contributed by atoms with Crippen LogP contribution in [0.2, 0.25) is 0 Å². The number of carbonyl (C=O) groups excluding carboxylic acids is 1. The van der Waals surface area contributed by atoms with E-state index in [0.29, 0.717) is 41.0 Å². The number of hydrogen-bond acceptors (Lipinski definition) is 6. The lowest BCUT2D eigenvalue weighted by molar-refractivity contribution is 0.102. The summed E-state index contributed by atoms with van der Waals surface area (Å²) in [6.07, 6.45) is 4.03. The lowest BCUT2D eigenvalue weighted by Gasteiger charge is -2.13. The summed E-state index contributed by atoms with van der Waals surface area (Å²) in [5.74, 6) is 1.31. The maximum absolute atomic E-state index is 13.2. The first-order valence-electron chi connectivity index (χ1n) is 11.0. The van der Waals surface area contributed by atoms with Crippen molar-refractivity contribution in [2.75, 3.05) is 23.8 Å². The summed E-state index contributed by atoms with van der Waals surface area (Å²) >= 11 is 0. The van der Waals surface area contributed by atoms with Gasteiger partial charge in [-0.1, -0.05) is 0 Å². The molecular formula is C26H21FN4O4. The minimum absolute atomic E-state index is 0.0405. The standard InChI is InChI=1S/C26H21FN4O4/c27-17-4-8-19(9-5-17)31-15-1-3-21(26(31)33)25(32)30-18-6-10-20(11-7-18)35-22-12-14-29-24-23(22)34-16-2-13-28-24/h1,3-12,14-15H,2,13,16H2,(H,28,29)(H,30,32). The molecule has 0 radical (unpaired) electrons. The van der Waals surface area contributed by atoms with Crippen molar-refractivity contribution in [3.8, 4) is 22.9 Å². The van der Waals surface area contributed by atoms with E-state index in [2.05, 4.69) is 15.6 Å². The Kier molecular flexibility index (Phi) is 6.13.